The van der Waals surface area contributed by atoms with Crippen LogP contribution in [-0.4, -0.2) is 22.4 Å². The van der Waals surface area contributed by atoms with Crippen molar-refractivity contribution in [3.63, 3.8) is 0 Å². The van der Waals surface area contributed by atoms with E-state index in [1.54, 1.807) is 12.3 Å². The molecule has 90 valence electrons. The summed E-state index contributed by atoms with van der Waals surface area (Å²) < 4.78 is 0. The lowest BCUT2D eigenvalue weighted by molar-refractivity contribution is -0.115. The number of halogens is 1. The summed E-state index contributed by atoms with van der Waals surface area (Å²) in [5, 5.41) is 2.98. The molecule has 6 heteroatoms. The van der Waals surface area contributed by atoms with Gasteiger partial charge in [-0.1, -0.05) is 12.1 Å². The zero-order valence-electron chi connectivity index (χ0n) is 9.30. The van der Waals surface area contributed by atoms with E-state index in [1.807, 2.05) is 29.2 Å². The molecule has 0 saturated heterocycles. The molecule has 0 fully saturated rings. The lowest BCUT2D eigenvalue weighted by atomic mass is 10.2. The molecule has 2 heterocycles. The number of carbonyl (C=O) groups is 1. The molecule has 0 spiro atoms. The highest BCUT2D eigenvalue weighted by Crippen LogP contribution is 2.33. The van der Waals surface area contributed by atoms with E-state index in [2.05, 4.69) is 15.3 Å². The van der Waals surface area contributed by atoms with Crippen LogP contribution in [0.2, 0.25) is 5.28 Å². The lowest BCUT2D eigenvalue weighted by Crippen LogP contribution is -2.35. The van der Waals surface area contributed by atoms with Crippen molar-refractivity contribution in [3.05, 3.63) is 41.8 Å². The highest BCUT2D eigenvalue weighted by atomic mass is 35.5. The van der Waals surface area contributed by atoms with Crippen LogP contribution < -0.4 is 10.2 Å². The molecule has 1 aromatic heterocycles. The van der Waals surface area contributed by atoms with E-state index in [-0.39, 0.29) is 17.7 Å². The fourth-order valence-corrected chi connectivity index (χ4v) is 2.06. The third-order valence-electron chi connectivity index (χ3n) is 2.66. The van der Waals surface area contributed by atoms with E-state index in [9.17, 15) is 4.79 Å². The number of rotatable bonds is 1. The fraction of sp³-hybridized carbons (Fsp3) is 0.0833. The summed E-state index contributed by atoms with van der Waals surface area (Å²) in [6, 6.07) is 9.27. The minimum Gasteiger partial charge on any atom is -0.323 e. The summed E-state index contributed by atoms with van der Waals surface area (Å²) in [5.74, 6) is 0.528. The van der Waals surface area contributed by atoms with Crippen LogP contribution in [-0.2, 0) is 4.79 Å². The number of fused-ring (bicyclic) bond motifs is 1. The smallest absolute Gasteiger partial charge is 0.244 e. The van der Waals surface area contributed by atoms with Gasteiger partial charge < -0.3 is 10.2 Å². The number of aromatic nitrogens is 2. The molecule has 0 radical (unpaired) electrons. The molecule has 18 heavy (non-hydrogen) atoms. The van der Waals surface area contributed by atoms with E-state index in [0.717, 1.165) is 11.4 Å². The Kier molecular flexibility index (Phi) is 2.60. The predicted molar refractivity (Wildman–Crippen MR) is 69.1 cm³/mol. The van der Waals surface area contributed by atoms with Crippen molar-refractivity contribution in [1.29, 1.82) is 0 Å². The molecule has 1 aromatic carbocycles. The Bertz CT molecular complexity index is 617. The molecule has 0 atom stereocenters. The van der Waals surface area contributed by atoms with Crippen molar-refractivity contribution < 1.29 is 4.79 Å². The number of carbonyl (C=O) groups excluding carboxylic acids is 1. The Labute approximate surface area is 108 Å². The van der Waals surface area contributed by atoms with Crippen LogP contribution in [0.15, 0.2) is 36.5 Å². The second-order valence-corrected chi connectivity index (χ2v) is 4.17. The Morgan fingerprint density at radius 2 is 2.11 bits per heavy atom. The number of nitrogens with zero attached hydrogens (tertiary/aromatic N) is 3. The summed E-state index contributed by atoms with van der Waals surface area (Å²) in [6.07, 6.45) is 1.57. The summed E-state index contributed by atoms with van der Waals surface area (Å²) >= 11 is 5.78. The Balaban J connectivity index is 2.10. The van der Waals surface area contributed by atoms with Crippen LogP contribution in [0.4, 0.5) is 17.2 Å². The number of para-hydroxylation sites is 2. The molecule has 1 aliphatic rings. The summed E-state index contributed by atoms with van der Waals surface area (Å²) in [5.41, 5.74) is 1.66. The monoisotopic (exact) mass is 260 g/mol. The zero-order valence-corrected chi connectivity index (χ0v) is 10.1. The second kappa shape index (κ2) is 4.27. The topological polar surface area (TPSA) is 58.1 Å². The number of hydrogen-bond donors (Lipinski definition) is 1. The first kappa shape index (κ1) is 11.0. The maximum atomic E-state index is 11.7. The van der Waals surface area contributed by atoms with Gasteiger partial charge in [0.05, 0.1) is 11.4 Å². The Morgan fingerprint density at radius 1 is 1.28 bits per heavy atom. The molecule has 3 rings (SSSR count). The number of amides is 1. The Morgan fingerprint density at radius 3 is 2.94 bits per heavy atom. The highest BCUT2D eigenvalue weighted by molar-refractivity contribution is 6.28. The van der Waals surface area contributed by atoms with Crippen LogP contribution in [0.25, 0.3) is 0 Å². The molecule has 1 aliphatic heterocycles. The van der Waals surface area contributed by atoms with Crippen LogP contribution in [0, 0.1) is 0 Å². The molecular formula is C12H9ClN4O. The average Bonchev–Trinajstić information content (AvgIpc) is 2.37. The third kappa shape index (κ3) is 1.89. The molecule has 0 unspecified atom stereocenters. The number of anilines is 3. The van der Waals surface area contributed by atoms with Crippen molar-refractivity contribution in [2.45, 2.75) is 0 Å². The first-order valence-corrected chi connectivity index (χ1v) is 5.77. The van der Waals surface area contributed by atoms with E-state index < -0.39 is 0 Å². The molecule has 0 aliphatic carbocycles. The van der Waals surface area contributed by atoms with Gasteiger partial charge in [-0.25, -0.2) is 9.97 Å². The lowest BCUT2D eigenvalue weighted by Gasteiger charge is -2.29. The molecule has 1 N–H and O–H groups in total. The van der Waals surface area contributed by atoms with Gasteiger partial charge in [0.2, 0.25) is 11.2 Å². The van der Waals surface area contributed by atoms with Gasteiger partial charge in [0.1, 0.15) is 12.4 Å². The molecule has 5 nitrogen and oxygen atoms in total. The highest BCUT2D eigenvalue weighted by Gasteiger charge is 2.23. The van der Waals surface area contributed by atoms with E-state index in [4.69, 9.17) is 11.6 Å². The van der Waals surface area contributed by atoms with Crippen LogP contribution >= 0.6 is 11.6 Å². The first-order chi connectivity index (χ1) is 8.74. The zero-order chi connectivity index (χ0) is 12.5. The SMILES string of the molecule is O=C1CN(c2ccnc(Cl)n2)c2ccccc2N1. The van der Waals surface area contributed by atoms with E-state index in [1.165, 1.54) is 0 Å². The number of hydrogen-bond acceptors (Lipinski definition) is 4. The average molecular weight is 261 g/mol. The van der Waals surface area contributed by atoms with E-state index in [0.29, 0.717) is 5.82 Å². The standard InChI is InChI=1S/C12H9ClN4O/c13-12-14-6-5-10(16-12)17-7-11(18)15-8-3-1-2-4-9(8)17/h1-6H,7H2,(H,15,18). The third-order valence-corrected chi connectivity index (χ3v) is 2.84. The summed E-state index contributed by atoms with van der Waals surface area (Å²) in [4.78, 5) is 21.4. The van der Waals surface area contributed by atoms with Gasteiger partial charge in [-0.05, 0) is 29.8 Å². The van der Waals surface area contributed by atoms with Gasteiger partial charge in [0, 0.05) is 6.20 Å². The van der Waals surface area contributed by atoms with Crippen LogP contribution in [0.3, 0.4) is 0 Å². The maximum Gasteiger partial charge on any atom is 0.244 e. The summed E-state index contributed by atoms with van der Waals surface area (Å²) in [7, 11) is 0. The van der Waals surface area contributed by atoms with Gasteiger partial charge >= 0.3 is 0 Å². The Hall–Kier alpha value is -2.14. The van der Waals surface area contributed by atoms with Gasteiger partial charge in [-0.2, -0.15) is 0 Å². The van der Waals surface area contributed by atoms with Crippen molar-refractivity contribution in [1.82, 2.24) is 9.97 Å². The summed E-state index contributed by atoms with van der Waals surface area (Å²) in [6.45, 7) is 0.213. The fourth-order valence-electron chi connectivity index (χ4n) is 1.91. The number of nitrogens with one attached hydrogen (secondary N) is 1. The normalized spacial score (nSPS) is 14.1. The van der Waals surface area contributed by atoms with Gasteiger partial charge in [-0.15, -0.1) is 0 Å². The van der Waals surface area contributed by atoms with E-state index >= 15 is 0 Å². The van der Waals surface area contributed by atoms with Crippen molar-refractivity contribution >= 4 is 34.7 Å². The quantitative estimate of drug-likeness (QED) is 0.799. The molecule has 0 bridgehead atoms. The van der Waals surface area contributed by atoms with Gasteiger partial charge in [0.15, 0.2) is 0 Å². The molecule has 1 amide bonds. The molecular weight excluding hydrogens is 252 g/mol. The first-order valence-electron chi connectivity index (χ1n) is 5.39. The second-order valence-electron chi connectivity index (χ2n) is 3.84. The number of benzene rings is 1. The van der Waals surface area contributed by atoms with Crippen molar-refractivity contribution in [2.75, 3.05) is 16.8 Å². The van der Waals surface area contributed by atoms with Crippen molar-refractivity contribution in [2.24, 2.45) is 0 Å². The minimum absolute atomic E-state index is 0.0802. The largest absolute Gasteiger partial charge is 0.323 e. The predicted octanol–water partition coefficient (Wildman–Crippen LogP) is 2.22. The van der Waals surface area contributed by atoms with Gasteiger partial charge in [-0.3, -0.25) is 4.79 Å². The van der Waals surface area contributed by atoms with Crippen molar-refractivity contribution in [3.8, 4) is 0 Å². The molecule has 2 aromatic rings. The van der Waals surface area contributed by atoms with Crippen LogP contribution in [0.1, 0.15) is 0 Å². The minimum atomic E-state index is -0.0802. The maximum absolute atomic E-state index is 11.7. The van der Waals surface area contributed by atoms with Crippen LogP contribution in [0.5, 0.6) is 0 Å². The van der Waals surface area contributed by atoms with Gasteiger partial charge in [0.25, 0.3) is 0 Å². The molecule has 0 saturated carbocycles.